The number of ether oxygens (including phenoxy) is 2. The Hall–Kier alpha value is -3.63. The molecule has 11 heteroatoms. The Bertz CT molecular complexity index is 1310. The van der Waals surface area contributed by atoms with Crippen molar-refractivity contribution in [1.29, 1.82) is 0 Å². The van der Waals surface area contributed by atoms with Crippen LogP contribution in [0.3, 0.4) is 0 Å². The molecular weight excluding hydrogens is 544 g/mol. The fourth-order valence-corrected chi connectivity index (χ4v) is 5.61. The number of hydrogen-bond donors (Lipinski definition) is 0. The van der Waals surface area contributed by atoms with Crippen molar-refractivity contribution in [3.63, 3.8) is 0 Å². The lowest BCUT2D eigenvalue weighted by molar-refractivity contribution is -0.140. The first kappa shape index (κ1) is 30.3. The lowest BCUT2D eigenvalue weighted by Crippen LogP contribution is -2.54. The molecule has 2 heterocycles. The molecule has 2 saturated heterocycles. The molecule has 2 aromatic rings. The van der Waals surface area contributed by atoms with E-state index in [9.17, 15) is 31.9 Å². The molecule has 7 nitrogen and oxygen atoms in total. The highest BCUT2D eigenvalue weighted by Gasteiger charge is 2.52. The van der Waals surface area contributed by atoms with Gasteiger partial charge in [0.1, 0.15) is 18.0 Å². The number of likely N-dealkylation sites (tertiary alicyclic amines) is 1. The minimum atomic E-state index is -4.94. The van der Waals surface area contributed by atoms with E-state index in [-0.39, 0.29) is 25.0 Å². The summed E-state index contributed by atoms with van der Waals surface area (Å²) in [6.07, 6.45) is -5.61. The van der Waals surface area contributed by atoms with Crippen molar-refractivity contribution in [3.8, 4) is 0 Å². The number of rotatable bonds is 5. The lowest BCUT2D eigenvalue weighted by Gasteiger charge is -2.40. The Balaban J connectivity index is 1.80. The maximum absolute atomic E-state index is 14.9. The maximum atomic E-state index is 14.9. The van der Waals surface area contributed by atoms with Crippen molar-refractivity contribution in [3.05, 3.63) is 71.0 Å². The molecule has 0 aromatic heterocycles. The van der Waals surface area contributed by atoms with Crippen molar-refractivity contribution in [1.82, 2.24) is 9.80 Å². The highest BCUT2D eigenvalue weighted by molar-refractivity contribution is 5.98. The smallest absolute Gasteiger partial charge is 0.419 e. The number of hydrogen-bond acceptors (Lipinski definition) is 5. The van der Waals surface area contributed by atoms with Crippen molar-refractivity contribution in [2.75, 3.05) is 6.61 Å². The molecule has 0 N–H and O–H groups in total. The number of amides is 3. The van der Waals surface area contributed by atoms with E-state index in [2.05, 4.69) is 0 Å². The minimum absolute atomic E-state index is 0.0838. The Labute approximate surface area is 236 Å². The number of nitrogens with zero attached hydrogens (tertiary/aromatic N) is 2. The van der Waals surface area contributed by atoms with Crippen LogP contribution in [-0.4, -0.2) is 57.7 Å². The number of cyclic esters (lactones) is 1. The van der Waals surface area contributed by atoms with Crippen LogP contribution in [0.4, 0.5) is 27.2 Å². The van der Waals surface area contributed by atoms with E-state index >= 15 is 0 Å². The van der Waals surface area contributed by atoms with Crippen LogP contribution in [0.5, 0.6) is 0 Å². The largest absolute Gasteiger partial charge is 0.447 e. The van der Waals surface area contributed by atoms with Crippen molar-refractivity contribution >= 4 is 18.1 Å². The van der Waals surface area contributed by atoms with Crippen LogP contribution in [0.15, 0.2) is 48.5 Å². The molecule has 0 bridgehead atoms. The van der Waals surface area contributed by atoms with E-state index in [4.69, 9.17) is 9.47 Å². The standard InChI is InChI=1S/C30H34F4N2O5/c1-28(2,3)41-27(39)36-23(13-14-29(36,4)5)24(19-11-12-21(22(31)16-19)30(32,33)34)25(37)35-20(17-40-26(35)38)15-18-9-7-6-8-10-18/h6-12,16,20,23-24H,13-15,17H2,1-5H3/t20?,23?,24-/m0/s1. The maximum Gasteiger partial charge on any atom is 0.419 e. The molecule has 2 aliphatic heterocycles. The van der Waals surface area contributed by atoms with Gasteiger partial charge in [0.2, 0.25) is 5.91 Å². The number of carbonyl (C=O) groups excluding carboxylic acids is 3. The van der Waals surface area contributed by atoms with Crippen molar-refractivity contribution in [2.24, 2.45) is 0 Å². The molecule has 2 aliphatic rings. The summed E-state index contributed by atoms with van der Waals surface area (Å²) in [6, 6.07) is 9.74. The molecule has 2 aromatic carbocycles. The Morgan fingerprint density at radius 2 is 1.76 bits per heavy atom. The quantitative estimate of drug-likeness (QED) is 0.369. The van der Waals surface area contributed by atoms with Crippen LogP contribution in [-0.2, 0) is 26.9 Å². The number of alkyl halides is 3. The Kier molecular flexibility index (Phi) is 8.12. The molecule has 0 spiro atoms. The normalized spacial score (nSPS) is 21.5. The molecule has 0 radical (unpaired) electrons. The molecule has 4 rings (SSSR count). The van der Waals surface area contributed by atoms with Gasteiger partial charge in [-0.15, -0.1) is 0 Å². The number of imide groups is 1. The van der Waals surface area contributed by atoms with E-state index in [1.807, 2.05) is 30.3 Å². The van der Waals surface area contributed by atoms with Crippen LogP contribution in [0.25, 0.3) is 0 Å². The predicted molar refractivity (Wildman–Crippen MR) is 141 cm³/mol. The summed E-state index contributed by atoms with van der Waals surface area (Å²) in [7, 11) is 0. The van der Waals surface area contributed by atoms with Crippen LogP contribution < -0.4 is 0 Å². The van der Waals surface area contributed by atoms with E-state index < -0.39 is 64.8 Å². The van der Waals surface area contributed by atoms with Crippen LogP contribution in [0.2, 0.25) is 0 Å². The monoisotopic (exact) mass is 578 g/mol. The second kappa shape index (κ2) is 11.0. The first-order valence-corrected chi connectivity index (χ1v) is 13.4. The van der Waals surface area contributed by atoms with E-state index in [0.29, 0.717) is 18.6 Å². The Morgan fingerprint density at radius 1 is 1.10 bits per heavy atom. The second-order valence-corrected chi connectivity index (χ2v) is 12.1. The zero-order chi connectivity index (χ0) is 30.3. The Morgan fingerprint density at radius 3 is 2.34 bits per heavy atom. The third kappa shape index (κ3) is 6.49. The van der Waals surface area contributed by atoms with Gasteiger partial charge in [0.15, 0.2) is 0 Å². The fraction of sp³-hybridized carbons (Fsp3) is 0.500. The predicted octanol–water partition coefficient (Wildman–Crippen LogP) is 6.70. The summed E-state index contributed by atoms with van der Waals surface area (Å²) < 4.78 is 65.9. The number of benzene rings is 2. The average Bonchev–Trinajstić information content (AvgIpc) is 3.36. The summed E-state index contributed by atoms with van der Waals surface area (Å²) in [5, 5.41) is 0. The third-order valence-corrected chi connectivity index (χ3v) is 7.45. The van der Waals surface area contributed by atoms with Gasteiger partial charge in [-0.05, 0) is 77.1 Å². The summed E-state index contributed by atoms with van der Waals surface area (Å²) in [6.45, 7) is 8.55. The summed E-state index contributed by atoms with van der Waals surface area (Å²) in [5.74, 6) is -3.72. The average molecular weight is 579 g/mol. The lowest BCUT2D eigenvalue weighted by atomic mass is 9.87. The summed E-state index contributed by atoms with van der Waals surface area (Å²) >= 11 is 0. The molecule has 41 heavy (non-hydrogen) atoms. The van der Waals surface area contributed by atoms with Gasteiger partial charge in [-0.3, -0.25) is 9.69 Å². The highest BCUT2D eigenvalue weighted by atomic mass is 19.4. The van der Waals surface area contributed by atoms with Gasteiger partial charge < -0.3 is 9.47 Å². The van der Waals surface area contributed by atoms with Crippen molar-refractivity contribution < 1.29 is 41.4 Å². The van der Waals surface area contributed by atoms with Gasteiger partial charge in [-0.25, -0.2) is 18.9 Å². The molecular formula is C30H34F4N2O5. The zero-order valence-corrected chi connectivity index (χ0v) is 23.6. The van der Waals surface area contributed by atoms with Gasteiger partial charge in [0.05, 0.1) is 23.6 Å². The summed E-state index contributed by atoms with van der Waals surface area (Å²) in [4.78, 5) is 43.0. The SMILES string of the molecule is CC(C)(C)OC(=O)N1C([C@@H](C(=O)N2C(=O)OCC2Cc2ccccc2)c2ccc(C(F)(F)F)c(F)c2)CCC1(C)C. The van der Waals surface area contributed by atoms with Gasteiger partial charge in [-0.2, -0.15) is 13.2 Å². The van der Waals surface area contributed by atoms with E-state index in [0.717, 1.165) is 16.5 Å². The molecule has 3 atom stereocenters. The molecule has 2 fully saturated rings. The van der Waals surface area contributed by atoms with Crippen LogP contribution in [0.1, 0.15) is 70.1 Å². The fourth-order valence-electron chi connectivity index (χ4n) is 5.61. The number of halogens is 4. The van der Waals surface area contributed by atoms with Gasteiger partial charge in [0.25, 0.3) is 0 Å². The molecule has 3 amide bonds. The van der Waals surface area contributed by atoms with Crippen LogP contribution >= 0.6 is 0 Å². The van der Waals surface area contributed by atoms with Gasteiger partial charge in [0, 0.05) is 5.54 Å². The topological polar surface area (TPSA) is 76.2 Å². The van der Waals surface area contributed by atoms with Gasteiger partial charge in [-0.1, -0.05) is 36.4 Å². The van der Waals surface area contributed by atoms with Gasteiger partial charge >= 0.3 is 18.4 Å². The molecule has 222 valence electrons. The first-order chi connectivity index (χ1) is 19.0. The second-order valence-electron chi connectivity index (χ2n) is 12.1. The number of carbonyl (C=O) groups is 3. The zero-order valence-electron chi connectivity index (χ0n) is 23.6. The third-order valence-electron chi connectivity index (χ3n) is 7.45. The highest BCUT2D eigenvalue weighted by Crippen LogP contribution is 2.43. The van der Waals surface area contributed by atoms with Crippen molar-refractivity contribution in [2.45, 2.75) is 89.2 Å². The molecule has 2 unspecified atom stereocenters. The minimum Gasteiger partial charge on any atom is -0.447 e. The molecule has 0 saturated carbocycles. The molecule has 0 aliphatic carbocycles. The first-order valence-electron chi connectivity index (χ1n) is 13.4. The summed E-state index contributed by atoms with van der Waals surface area (Å²) in [5.41, 5.74) is -2.41. The van der Waals surface area contributed by atoms with E-state index in [1.165, 1.54) is 4.90 Å². The van der Waals surface area contributed by atoms with Crippen LogP contribution in [0, 0.1) is 5.82 Å². The van der Waals surface area contributed by atoms with E-state index in [1.54, 1.807) is 34.6 Å².